The van der Waals surface area contributed by atoms with Gasteiger partial charge in [0, 0.05) is 49.4 Å². The van der Waals surface area contributed by atoms with Gasteiger partial charge in [-0.3, -0.25) is 0 Å². The van der Waals surface area contributed by atoms with Crippen LogP contribution in [0.5, 0.6) is 0 Å². The Labute approximate surface area is 303 Å². The van der Waals surface area contributed by atoms with E-state index in [0.29, 0.717) is 0 Å². The van der Waals surface area contributed by atoms with Crippen LogP contribution in [-0.4, -0.2) is 22.2 Å². The topological polar surface area (TPSA) is 74.6 Å². The summed E-state index contributed by atoms with van der Waals surface area (Å²) in [4.78, 5) is 21.1. The molecule has 0 aromatic rings. The molecule has 0 amide bonds. The van der Waals surface area contributed by atoms with Crippen LogP contribution in [0.2, 0.25) is 0 Å². The maximum atomic E-state index is 10.5. The van der Waals surface area contributed by atoms with Gasteiger partial charge < -0.3 is 10.2 Å². The van der Waals surface area contributed by atoms with E-state index in [4.69, 9.17) is 10.2 Å². The zero-order chi connectivity index (χ0) is 35.5. The van der Waals surface area contributed by atoms with Crippen LogP contribution < -0.4 is 0 Å². The highest BCUT2D eigenvalue weighted by molar-refractivity contribution is 15.0. The summed E-state index contributed by atoms with van der Waals surface area (Å²) in [5.74, 6) is -1.82. The van der Waals surface area contributed by atoms with E-state index in [1.54, 1.807) is 26.0 Å². The van der Waals surface area contributed by atoms with Crippen LogP contribution in [0.25, 0.3) is 0 Å². The second-order valence-electron chi connectivity index (χ2n) is 13.5. The van der Waals surface area contributed by atoms with Gasteiger partial charge in [-0.05, 0) is 113 Å². The third kappa shape index (κ3) is 18.2. The second kappa shape index (κ2) is 22.4. The number of carboxylic acids is 2. The van der Waals surface area contributed by atoms with Crippen molar-refractivity contribution in [2.75, 3.05) is 0 Å². The Morgan fingerprint density at radius 1 is 0.609 bits per heavy atom. The van der Waals surface area contributed by atoms with Crippen molar-refractivity contribution in [3.8, 4) is 0 Å². The molecule has 0 saturated carbocycles. The van der Waals surface area contributed by atoms with E-state index >= 15 is 0 Å². The van der Waals surface area contributed by atoms with E-state index in [9.17, 15) is 9.59 Å². The number of hydrogen-bond acceptors (Lipinski definition) is 2. The van der Waals surface area contributed by atoms with Crippen LogP contribution in [0.15, 0.2) is 117 Å². The third-order valence-corrected chi connectivity index (χ3v) is 8.25. The Hall–Kier alpha value is -2.20. The highest BCUT2D eigenvalue weighted by Crippen LogP contribution is 2.41. The molecule has 2 N–H and O–H groups in total. The van der Waals surface area contributed by atoms with Gasteiger partial charge in [0.1, 0.15) is 0 Å². The normalized spacial score (nSPS) is 19.5. The summed E-state index contributed by atoms with van der Waals surface area (Å²) < 4.78 is 0. The lowest BCUT2D eigenvalue weighted by molar-refractivity contribution is -0.132. The minimum absolute atomic E-state index is 0.260. The van der Waals surface area contributed by atoms with Crippen molar-refractivity contribution in [2.45, 2.75) is 108 Å². The molecular weight excluding hydrogens is 798 g/mol. The molecule has 0 heterocycles. The number of allylic oxidation sites excluding steroid dienone is 18. The van der Waals surface area contributed by atoms with E-state index in [1.807, 2.05) is 24.3 Å². The van der Waals surface area contributed by atoms with Gasteiger partial charge in [-0.25, -0.2) is 9.59 Å². The van der Waals surface area contributed by atoms with E-state index in [0.717, 1.165) is 22.3 Å². The zero-order valence-corrected chi connectivity index (χ0v) is 34.0. The van der Waals surface area contributed by atoms with Gasteiger partial charge in [-0.15, -0.1) is 0 Å². The molecule has 254 valence electrons. The van der Waals surface area contributed by atoms with Gasteiger partial charge >= 0.3 is 11.9 Å². The summed E-state index contributed by atoms with van der Waals surface area (Å²) in [6.45, 7) is 21.4. The molecule has 0 spiro atoms. The molecule has 0 aromatic heterocycles. The number of hydrogen-bond donors (Lipinski definition) is 2. The number of carbonyl (C=O) groups is 2. The molecule has 2 aliphatic carbocycles. The average molecular weight is 855 g/mol. The van der Waals surface area contributed by atoms with E-state index in [-0.39, 0.29) is 10.8 Å². The summed E-state index contributed by atoms with van der Waals surface area (Å²) in [6.07, 6.45) is 30.0. The fourth-order valence-corrected chi connectivity index (χ4v) is 5.75. The van der Waals surface area contributed by atoms with Crippen molar-refractivity contribution in [3.05, 3.63) is 117 Å². The molecule has 0 atom stereocenters. The number of aliphatic carboxylic acids is 2. The first-order valence-corrected chi connectivity index (χ1v) is 22.2. The lowest BCUT2D eigenvalue weighted by Gasteiger charge is -2.33. The summed E-state index contributed by atoms with van der Waals surface area (Å²) in [5.41, 5.74) is 10.2. The summed E-state index contributed by atoms with van der Waals surface area (Å²) in [7, 11) is 0. The van der Waals surface area contributed by atoms with Crippen LogP contribution in [0, 0.1) is 10.8 Å². The van der Waals surface area contributed by atoms with E-state index in [1.165, 1.54) is 73.0 Å². The van der Waals surface area contributed by atoms with Crippen molar-refractivity contribution in [3.63, 3.8) is 0 Å². The van der Waals surface area contributed by atoms with Crippen LogP contribution in [0.1, 0.15) is 108 Å². The molecule has 0 aliphatic heterocycles. The van der Waals surface area contributed by atoms with Gasteiger partial charge in [-0.1, -0.05) is 111 Å². The van der Waals surface area contributed by atoms with E-state index in [2.05, 4.69) is 117 Å². The molecule has 0 bridgehead atoms. The first kappa shape index (κ1) is 43.8. The Balaban J connectivity index is 0.000000835. The Morgan fingerprint density at radius 3 is 1.22 bits per heavy atom. The minimum atomic E-state index is -0.912. The second-order valence-corrected chi connectivity index (χ2v) is 13.5. The first-order chi connectivity index (χ1) is 21.4. The van der Waals surface area contributed by atoms with Crippen molar-refractivity contribution < 1.29 is 19.8 Å². The molecule has 0 radical (unpaired) electrons. The minimum Gasteiger partial charge on any atom is -0.478 e. The van der Waals surface area contributed by atoms with Crippen LogP contribution >= 0.6 is 37.2 Å². The predicted molar refractivity (Wildman–Crippen MR) is 216 cm³/mol. The first-order valence-electron chi connectivity index (χ1n) is 15.9. The maximum Gasteiger partial charge on any atom is 0.328 e. The smallest absolute Gasteiger partial charge is 0.328 e. The monoisotopic (exact) mass is 854 g/mol. The van der Waals surface area contributed by atoms with Crippen molar-refractivity contribution in [1.82, 2.24) is 0 Å². The highest BCUT2D eigenvalue weighted by Gasteiger charge is 2.27. The Kier molecular flexibility index (Phi) is 21.3. The van der Waals surface area contributed by atoms with Crippen molar-refractivity contribution in [1.29, 1.82) is 0 Å². The van der Waals surface area contributed by atoms with Crippen LogP contribution in [0.4, 0.5) is 0 Å². The molecule has 0 aromatic carbocycles. The molecule has 2 rings (SSSR count). The number of rotatable bonds is 10. The van der Waals surface area contributed by atoms with Crippen LogP contribution in [-0.2, 0) is 9.59 Å². The van der Waals surface area contributed by atoms with Gasteiger partial charge in [-0.2, -0.15) is 0 Å². The summed E-state index contributed by atoms with van der Waals surface area (Å²) >= 11 is 4.24. The molecule has 0 fully saturated rings. The molecule has 0 saturated heterocycles. The zero-order valence-electron chi connectivity index (χ0n) is 29.6. The van der Waals surface area contributed by atoms with E-state index < -0.39 is 11.9 Å². The Morgan fingerprint density at radius 2 is 0.935 bits per heavy atom. The molecule has 46 heavy (non-hydrogen) atoms. The maximum absolute atomic E-state index is 10.5. The molecule has 6 heteroatoms. The SMILES string of the molecule is CC1=C(/C=C/C(C)=C/C=C/C(C)=C/C(=O)O)C(C)(C)CCC1.CC1=C(/C=C/C(C)=C/C=C\C(C)=C/C(=O)O)C(C)(C)CCC1.II. The predicted octanol–water partition coefficient (Wildman–Crippen LogP) is 13.0. The average Bonchev–Trinajstić information content (AvgIpc) is 2.92. The standard InChI is InChI=1S/2C20H28O2.I2/c2*1-15(8-6-9-16(2)14-19(21)22)11-12-18-17(3)10-7-13-20(18,4)5;1-2/h2*6,8-9,11-12,14H,7,10,13H2,1-5H3,(H,21,22);/b9-6+,12-11+,15-8+,16-14+;9-6-,12-11+,15-8+,16-14-;. The lowest BCUT2D eigenvalue weighted by Crippen LogP contribution is -2.19. The van der Waals surface area contributed by atoms with Gasteiger partial charge in [0.15, 0.2) is 0 Å². The third-order valence-electron chi connectivity index (χ3n) is 8.25. The molecule has 0 unspecified atom stereocenters. The highest BCUT2D eigenvalue weighted by atomic mass is 128. The van der Waals surface area contributed by atoms with Gasteiger partial charge in [0.05, 0.1) is 0 Å². The largest absolute Gasteiger partial charge is 0.478 e. The lowest BCUT2D eigenvalue weighted by atomic mass is 9.72. The quantitative estimate of drug-likeness (QED) is 0.130. The van der Waals surface area contributed by atoms with Gasteiger partial charge in [0.2, 0.25) is 0 Å². The van der Waals surface area contributed by atoms with Gasteiger partial charge in [0.25, 0.3) is 0 Å². The molecule has 2 aliphatic rings. The summed E-state index contributed by atoms with van der Waals surface area (Å²) in [5, 5.41) is 17.3. The summed E-state index contributed by atoms with van der Waals surface area (Å²) in [6, 6.07) is 0. The number of carboxylic acid groups (broad SMARTS) is 2. The fourth-order valence-electron chi connectivity index (χ4n) is 5.75. The fraction of sp³-hybridized carbons (Fsp3) is 0.450. The Bertz CT molecular complexity index is 1250. The number of halogens is 2. The van der Waals surface area contributed by atoms with Crippen molar-refractivity contribution >= 4 is 49.2 Å². The molecule has 4 nitrogen and oxygen atoms in total. The van der Waals surface area contributed by atoms with Crippen LogP contribution in [0.3, 0.4) is 0 Å². The van der Waals surface area contributed by atoms with Crippen molar-refractivity contribution in [2.24, 2.45) is 10.8 Å². The molecular formula is C40H56I2O4.